The molecule has 8 nitrogen and oxygen atoms in total. The van der Waals surface area contributed by atoms with Gasteiger partial charge in [0.1, 0.15) is 0 Å². The highest BCUT2D eigenvalue weighted by Crippen LogP contribution is 2.27. The molecule has 0 saturated heterocycles. The summed E-state index contributed by atoms with van der Waals surface area (Å²) in [5.41, 5.74) is 5.87. The summed E-state index contributed by atoms with van der Waals surface area (Å²) in [6.07, 6.45) is 0.663. The third-order valence-corrected chi connectivity index (χ3v) is 3.50. The highest BCUT2D eigenvalue weighted by Gasteiger charge is 2.27. The second-order valence-electron chi connectivity index (χ2n) is 6.02. The van der Waals surface area contributed by atoms with Crippen molar-refractivity contribution in [3.8, 4) is 0 Å². The van der Waals surface area contributed by atoms with Gasteiger partial charge in [0.25, 0.3) is 5.69 Å². The molecule has 3 N–H and O–H groups in total. The number of hydrogen-bond donors (Lipinski definition) is 2. The van der Waals surface area contributed by atoms with E-state index in [1.54, 1.807) is 19.9 Å². The number of nitro groups is 1. The second-order valence-corrected chi connectivity index (χ2v) is 6.02. The predicted octanol–water partition coefficient (Wildman–Crippen LogP) is 2.22. The zero-order valence-electron chi connectivity index (χ0n) is 14.7. The SMILES string of the molecule is CCCC(N)C(=O)NC(CC(=O)OC(C)C)c1ccccc1[N+](=O)[O-]. The van der Waals surface area contributed by atoms with Gasteiger partial charge in [-0.3, -0.25) is 19.7 Å². The highest BCUT2D eigenvalue weighted by atomic mass is 16.6. The lowest BCUT2D eigenvalue weighted by atomic mass is 10.0. The fourth-order valence-corrected chi connectivity index (χ4v) is 2.39. The van der Waals surface area contributed by atoms with Crippen LogP contribution in [0.5, 0.6) is 0 Å². The molecular formula is C17H25N3O5. The fraction of sp³-hybridized carbons (Fsp3) is 0.529. The van der Waals surface area contributed by atoms with Crippen molar-refractivity contribution in [3.63, 3.8) is 0 Å². The Labute approximate surface area is 146 Å². The van der Waals surface area contributed by atoms with E-state index in [1.165, 1.54) is 18.2 Å². The Bertz CT molecular complexity index is 618. The number of carbonyl (C=O) groups excluding carboxylic acids is 2. The van der Waals surface area contributed by atoms with Crippen LogP contribution in [-0.2, 0) is 14.3 Å². The normalized spacial score (nSPS) is 13.2. The summed E-state index contributed by atoms with van der Waals surface area (Å²) < 4.78 is 5.10. The summed E-state index contributed by atoms with van der Waals surface area (Å²) in [7, 11) is 0. The lowest BCUT2D eigenvalue weighted by Gasteiger charge is -2.21. The third-order valence-electron chi connectivity index (χ3n) is 3.50. The number of benzene rings is 1. The van der Waals surface area contributed by atoms with Crippen LogP contribution in [-0.4, -0.2) is 28.9 Å². The van der Waals surface area contributed by atoms with Crippen LogP contribution in [0.1, 0.15) is 51.6 Å². The van der Waals surface area contributed by atoms with E-state index in [2.05, 4.69) is 5.32 Å². The molecule has 0 aliphatic rings. The first-order chi connectivity index (χ1) is 11.8. The summed E-state index contributed by atoms with van der Waals surface area (Å²) >= 11 is 0. The van der Waals surface area contributed by atoms with Crippen LogP contribution >= 0.6 is 0 Å². The average Bonchev–Trinajstić information content (AvgIpc) is 2.53. The van der Waals surface area contributed by atoms with E-state index in [-0.39, 0.29) is 23.8 Å². The van der Waals surface area contributed by atoms with Gasteiger partial charge in [-0.2, -0.15) is 0 Å². The number of amides is 1. The van der Waals surface area contributed by atoms with Crippen LogP contribution < -0.4 is 11.1 Å². The summed E-state index contributed by atoms with van der Waals surface area (Å²) in [6.45, 7) is 5.30. The molecule has 0 spiro atoms. The molecule has 2 atom stereocenters. The van der Waals surface area contributed by atoms with Gasteiger partial charge in [0.2, 0.25) is 5.91 Å². The van der Waals surface area contributed by atoms with Crippen molar-refractivity contribution in [1.29, 1.82) is 0 Å². The monoisotopic (exact) mass is 351 g/mol. The average molecular weight is 351 g/mol. The van der Waals surface area contributed by atoms with Crippen LogP contribution in [0.25, 0.3) is 0 Å². The Kier molecular flexibility index (Phi) is 8.00. The Hall–Kier alpha value is -2.48. The number of para-hydroxylation sites is 1. The number of nitro benzene ring substituents is 1. The number of nitrogens with zero attached hydrogens (tertiary/aromatic N) is 1. The molecule has 1 rings (SSSR count). The van der Waals surface area contributed by atoms with Gasteiger partial charge in [0.05, 0.1) is 35.1 Å². The Balaban J connectivity index is 3.09. The van der Waals surface area contributed by atoms with Gasteiger partial charge in [-0.15, -0.1) is 0 Å². The number of rotatable bonds is 9. The quantitative estimate of drug-likeness (QED) is 0.399. The summed E-state index contributed by atoms with van der Waals surface area (Å²) in [6, 6.07) is 4.35. The van der Waals surface area contributed by atoms with Gasteiger partial charge in [0, 0.05) is 6.07 Å². The standard InChI is InChI=1S/C17H25N3O5/c1-4-7-13(18)17(22)19-14(10-16(21)25-11(2)3)12-8-5-6-9-15(12)20(23)24/h5-6,8-9,11,13-14H,4,7,10,18H2,1-3H3,(H,19,22). The topological polar surface area (TPSA) is 125 Å². The van der Waals surface area contributed by atoms with E-state index in [4.69, 9.17) is 10.5 Å². The van der Waals surface area contributed by atoms with E-state index in [0.29, 0.717) is 6.42 Å². The molecule has 138 valence electrons. The first-order valence-electron chi connectivity index (χ1n) is 8.25. The van der Waals surface area contributed by atoms with Crippen LogP contribution in [0, 0.1) is 10.1 Å². The molecule has 1 aromatic carbocycles. The van der Waals surface area contributed by atoms with Crippen molar-refractivity contribution < 1.29 is 19.2 Å². The molecule has 25 heavy (non-hydrogen) atoms. The molecule has 2 unspecified atom stereocenters. The van der Waals surface area contributed by atoms with E-state index in [1.807, 2.05) is 6.92 Å². The van der Waals surface area contributed by atoms with Gasteiger partial charge >= 0.3 is 5.97 Å². The minimum absolute atomic E-state index is 0.172. The van der Waals surface area contributed by atoms with Crippen molar-refractivity contribution in [2.75, 3.05) is 0 Å². The molecule has 8 heteroatoms. The minimum atomic E-state index is -0.886. The molecule has 0 aliphatic carbocycles. The second kappa shape index (κ2) is 9.73. The van der Waals surface area contributed by atoms with Crippen molar-refractivity contribution in [2.24, 2.45) is 5.73 Å². The number of carbonyl (C=O) groups is 2. The molecule has 0 heterocycles. The van der Waals surface area contributed by atoms with Crippen molar-refractivity contribution in [1.82, 2.24) is 5.32 Å². The Morgan fingerprint density at radius 3 is 2.52 bits per heavy atom. The Morgan fingerprint density at radius 1 is 1.32 bits per heavy atom. The van der Waals surface area contributed by atoms with Crippen LogP contribution in [0.15, 0.2) is 24.3 Å². The van der Waals surface area contributed by atoms with Gasteiger partial charge in [0.15, 0.2) is 0 Å². The van der Waals surface area contributed by atoms with Crippen LogP contribution in [0.2, 0.25) is 0 Å². The van der Waals surface area contributed by atoms with E-state index in [9.17, 15) is 19.7 Å². The number of nitrogens with two attached hydrogens (primary N) is 1. The lowest BCUT2D eigenvalue weighted by Crippen LogP contribution is -2.43. The maximum Gasteiger partial charge on any atom is 0.308 e. The van der Waals surface area contributed by atoms with E-state index in [0.717, 1.165) is 6.42 Å². The fourth-order valence-electron chi connectivity index (χ4n) is 2.39. The molecular weight excluding hydrogens is 326 g/mol. The first-order valence-corrected chi connectivity index (χ1v) is 8.25. The summed E-state index contributed by atoms with van der Waals surface area (Å²) in [5, 5.41) is 13.9. The maximum absolute atomic E-state index is 12.2. The molecule has 0 bridgehead atoms. The molecule has 0 saturated carbocycles. The van der Waals surface area contributed by atoms with Crippen molar-refractivity contribution in [3.05, 3.63) is 39.9 Å². The van der Waals surface area contributed by atoms with Crippen molar-refractivity contribution in [2.45, 2.75) is 58.2 Å². The first kappa shape index (κ1) is 20.6. The largest absolute Gasteiger partial charge is 0.463 e. The van der Waals surface area contributed by atoms with Crippen LogP contribution in [0.4, 0.5) is 5.69 Å². The number of ether oxygens (including phenoxy) is 1. The van der Waals surface area contributed by atoms with Gasteiger partial charge < -0.3 is 15.8 Å². The Morgan fingerprint density at radius 2 is 1.96 bits per heavy atom. The van der Waals surface area contributed by atoms with Crippen LogP contribution in [0.3, 0.4) is 0 Å². The molecule has 0 radical (unpaired) electrons. The number of esters is 1. The van der Waals surface area contributed by atoms with E-state index < -0.39 is 28.9 Å². The molecule has 0 aromatic heterocycles. The molecule has 0 aliphatic heterocycles. The molecule has 1 amide bonds. The number of hydrogen-bond acceptors (Lipinski definition) is 6. The van der Waals surface area contributed by atoms with Gasteiger partial charge in [-0.25, -0.2) is 0 Å². The molecule has 0 fully saturated rings. The summed E-state index contributed by atoms with van der Waals surface area (Å²) in [5.74, 6) is -1.01. The summed E-state index contributed by atoms with van der Waals surface area (Å²) in [4.78, 5) is 35.0. The third kappa shape index (κ3) is 6.50. The maximum atomic E-state index is 12.2. The smallest absolute Gasteiger partial charge is 0.308 e. The molecule has 1 aromatic rings. The highest BCUT2D eigenvalue weighted by molar-refractivity contribution is 5.83. The van der Waals surface area contributed by atoms with Crippen molar-refractivity contribution >= 4 is 17.6 Å². The number of nitrogens with one attached hydrogen (secondary N) is 1. The predicted molar refractivity (Wildman–Crippen MR) is 92.7 cm³/mol. The zero-order chi connectivity index (χ0) is 19.0. The minimum Gasteiger partial charge on any atom is -0.463 e. The van der Waals surface area contributed by atoms with E-state index >= 15 is 0 Å². The van der Waals surface area contributed by atoms with Gasteiger partial charge in [-0.1, -0.05) is 31.5 Å². The lowest BCUT2D eigenvalue weighted by molar-refractivity contribution is -0.385. The zero-order valence-corrected chi connectivity index (χ0v) is 14.7. The van der Waals surface area contributed by atoms with Gasteiger partial charge in [-0.05, 0) is 20.3 Å².